The minimum absolute atomic E-state index is 0.192. The van der Waals surface area contributed by atoms with Crippen molar-refractivity contribution >= 4 is 19.3 Å². The Morgan fingerprint density at radius 1 is 1.11 bits per heavy atom. The summed E-state index contributed by atoms with van der Waals surface area (Å²) in [5, 5.41) is 1.28. The fraction of sp³-hybridized carbons (Fsp3) is 0.467. The van der Waals surface area contributed by atoms with Crippen LogP contribution in [0.25, 0.3) is 11.0 Å². The van der Waals surface area contributed by atoms with Gasteiger partial charge in [0.05, 0.1) is 5.39 Å². The van der Waals surface area contributed by atoms with Gasteiger partial charge in [0.1, 0.15) is 11.3 Å². The van der Waals surface area contributed by atoms with Crippen molar-refractivity contribution in [2.24, 2.45) is 0 Å². The summed E-state index contributed by atoms with van der Waals surface area (Å²) in [5.41, 5.74) is 0.906. The van der Waals surface area contributed by atoms with Crippen LogP contribution in [0.5, 0.6) is 5.75 Å². The van der Waals surface area contributed by atoms with Crippen molar-refractivity contribution in [3.8, 4) is 5.75 Å². The Morgan fingerprint density at radius 3 is 2.33 bits per heavy atom. The van der Waals surface area contributed by atoms with E-state index in [2.05, 4.69) is 39.9 Å². The zero-order valence-electron chi connectivity index (χ0n) is 12.1. The van der Waals surface area contributed by atoms with Gasteiger partial charge in [0.2, 0.25) is 0 Å². The fourth-order valence-corrected chi connectivity index (χ4v) is 2.75. The number of para-hydroxylation sites is 1. The van der Waals surface area contributed by atoms with Gasteiger partial charge in [-0.25, -0.2) is 0 Å². The number of aryl methyl sites for hydroxylation is 1. The van der Waals surface area contributed by atoms with Crippen molar-refractivity contribution in [2.45, 2.75) is 45.8 Å². The first-order valence-corrected chi connectivity index (χ1v) is 9.30. The van der Waals surface area contributed by atoms with Crippen LogP contribution in [0.4, 0.5) is 0 Å². The van der Waals surface area contributed by atoms with E-state index in [1.165, 1.54) is 0 Å². The van der Waals surface area contributed by atoms with Crippen LogP contribution in [0.1, 0.15) is 26.5 Å². The third-order valence-electron chi connectivity index (χ3n) is 3.88. The summed E-state index contributed by atoms with van der Waals surface area (Å²) < 4.78 is 12.2. The molecular weight excluding hydrogens is 240 g/mol. The molecule has 0 amide bonds. The molecule has 3 heteroatoms. The largest absolute Gasteiger partial charge is 0.541 e. The molecular formula is C15H22O2Si. The predicted molar refractivity (Wildman–Crippen MR) is 78.8 cm³/mol. The van der Waals surface area contributed by atoms with Crippen molar-refractivity contribution in [1.29, 1.82) is 0 Å². The normalized spacial score (nSPS) is 13.0. The van der Waals surface area contributed by atoms with E-state index in [-0.39, 0.29) is 5.04 Å². The van der Waals surface area contributed by atoms with E-state index < -0.39 is 8.32 Å². The zero-order valence-corrected chi connectivity index (χ0v) is 13.1. The summed E-state index contributed by atoms with van der Waals surface area (Å²) in [7, 11) is -1.82. The molecule has 0 aliphatic carbocycles. The standard InChI is InChI=1S/C15H22O2Si/c1-11-14(17-18(5,6)15(2,3)4)12-9-7-8-10-13(12)16-11/h7-10H,1-6H3. The molecule has 0 spiro atoms. The highest BCUT2D eigenvalue weighted by atomic mass is 28.4. The Balaban J connectivity index is 2.47. The highest BCUT2D eigenvalue weighted by molar-refractivity contribution is 6.74. The molecule has 0 aliphatic heterocycles. The van der Waals surface area contributed by atoms with Crippen molar-refractivity contribution in [3.63, 3.8) is 0 Å². The molecule has 0 saturated heterocycles. The second-order valence-corrected chi connectivity index (χ2v) is 11.1. The van der Waals surface area contributed by atoms with Crippen LogP contribution < -0.4 is 4.43 Å². The Kier molecular flexibility index (Phi) is 3.05. The maximum atomic E-state index is 6.40. The molecule has 0 bridgehead atoms. The van der Waals surface area contributed by atoms with Crippen LogP contribution in [0, 0.1) is 6.92 Å². The summed E-state index contributed by atoms with van der Waals surface area (Å²) >= 11 is 0. The third kappa shape index (κ3) is 2.19. The smallest absolute Gasteiger partial charge is 0.250 e. The van der Waals surface area contributed by atoms with Gasteiger partial charge in [0.25, 0.3) is 8.32 Å². The van der Waals surface area contributed by atoms with Crippen LogP contribution in [-0.4, -0.2) is 8.32 Å². The van der Waals surface area contributed by atoms with Gasteiger partial charge in [0, 0.05) is 0 Å². The predicted octanol–water partition coefficient (Wildman–Crippen LogP) is 5.13. The first-order chi connectivity index (χ1) is 8.22. The van der Waals surface area contributed by atoms with Gasteiger partial charge < -0.3 is 8.84 Å². The molecule has 0 N–H and O–H groups in total. The number of rotatable bonds is 2. The van der Waals surface area contributed by atoms with E-state index >= 15 is 0 Å². The van der Waals surface area contributed by atoms with Crippen molar-refractivity contribution in [2.75, 3.05) is 0 Å². The average Bonchev–Trinajstić information content (AvgIpc) is 2.54. The van der Waals surface area contributed by atoms with Gasteiger partial charge >= 0.3 is 0 Å². The number of hydrogen-bond donors (Lipinski definition) is 0. The molecule has 1 aromatic heterocycles. The van der Waals surface area contributed by atoms with Crippen LogP contribution in [-0.2, 0) is 0 Å². The molecule has 0 radical (unpaired) electrons. The van der Waals surface area contributed by atoms with E-state index in [9.17, 15) is 0 Å². The van der Waals surface area contributed by atoms with Gasteiger partial charge in [-0.1, -0.05) is 32.9 Å². The monoisotopic (exact) mass is 262 g/mol. The number of benzene rings is 1. The Bertz CT molecular complexity index is 561. The van der Waals surface area contributed by atoms with Crippen LogP contribution in [0.15, 0.2) is 28.7 Å². The molecule has 98 valence electrons. The van der Waals surface area contributed by atoms with Crippen LogP contribution in [0.3, 0.4) is 0 Å². The molecule has 0 atom stereocenters. The first-order valence-electron chi connectivity index (χ1n) is 6.39. The second kappa shape index (κ2) is 4.16. The van der Waals surface area contributed by atoms with Crippen LogP contribution in [0.2, 0.25) is 18.1 Å². The van der Waals surface area contributed by atoms with E-state index in [4.69, 9.17) is 8.84 Å². The summed E-state index contributed by atoms with van der Waals surface area (Å²) in [6.45, 7) is 13.2. The highest BCUT2D eigenvalue weighted by Crippen LogP contribution is 2.41. The summed E-state index contributed by atoms with van der Waals surface area (Å²) in [5.74, 6) is 1.80. The van der Waals surface area contributed by atoms with Gasteiger partial charge in [-0.3, -0.25) is 0 Å². The van der Waals surface area contributed by atoms with Crippen molar-refractivity contribution in [3.05, 3.63) is 30.0 Å². The lowest BCUT2D eigenvalue weighted by molar-refractivity contribution is 0.471. The van der Waals surface area contributed by atoms with Crippen molar-refractivity contribution < 1.29 is 8.84 Å². The Morgan fingerprint density at radius 2 is 1.72 bits per heavy atom. The topological polar surface area (TPSA) is 22.4 Å². The van der Waals surface area contributed by atoms with E-state index in [0.29, 0.717) is 0 Å². The van der Waals surface area contributed by atoms with Crippen LogP contribution >= 0.6 is 0 Å². The molecule has 1 heterocycles. The van der Waals surface area contributed by atoms with E-state index in [0.717, 1.165) is 22.5 Å². The SMILES string of the molecule is Cc1oc2ccccc2c1O[Si](C)(C)C(C)(C)C. The van der Waals surface area contributed by atoms with Gasteiger partial charge in [-0.15, -0.1) is 0 Å². The molecule has 0 unspecified atom stereocenters. The van der Waals surface area contributed by atoms with E-state index in [1.54, 1.807) is 0 Å². The molecule has 0 saturated carbocycles. The number of fused-ring (bicyclic) bond motifs is 1. The van der Waals surface area contributed by atoms with Gasteiger partial charge in [-0.2, -0.15) is 0 Å². The second-order valence-electron chi connectivity index (χ2n) is 6.35. The number of furan rings is 1. The van der Waals surface area contributed by atoms with Gasteiger partial charge in [0.15, 0.2) is 5.75 Å². The molecule has 2 rings (SSSR count). The molecule has 18 heavy (non-hydrogen) atoms. The molecule has 0 fully saturated rings. The Labute approximate surface area is 110 Å². The summed E-state index contributed by atoms with van der Waals surface area (Å²) in [6.07, 6.45) is 0. The minimum atomic E-state index is -1.82. The maximum Gasteiger partial charge on any atom is 0.250 e. The maximum absolute atomic E-state index is 6.40. The van der Waals surface area contributed by atoms with Crippen molar-refractivity contribution in [1.82, 2.24) is 0 Å². The lowest BCUT2D eigenvalue weighted by atomic mass is 10.2. The molecule has 1 aromatic carbocycles. The molecule has 0 aliphatic rings. The summed E-state index contributed by atoms with van der Waals surface area (Å²) in [4.78, 5) is 0. The Hall–Kier alpha value is -1.22. The zero-order chi connectivity index (χ0) is 13.6. The quantitative estimate of drug-likeness (QED) is 0.700. The lowest BCUT2D eigenvalue weighted by Crippen LogP contribution is -2.43. The molecule has 2 aromatic rings. The summed E-state index contributed by atoms with van der Waals surface area (Å²) in [6, 6.07) is 8.06. The highest BCUT2D eigenvalue weighted by Gasteiger charge is 2.40. The number of hydrogen-bond acceptors (Lipinski definition) is 2. The fourth-order valence-electron chi connectivity index (χ4n) is 1.68. The average molecular weight is 262 g/mol. The van der Waals surface area contributed by atoms with E-state index in [1.807, 2.05) is 25.1 Å². The third-order valence-corrected chi connectivity index (χ3v) is 8.20. The molecule has 2 nitrogen and oxygen atoms in total. The minimum Gasteiger partial charge on any atom is -0.541 e. The lowest BCUT2D eigenvalue weighted by Gasteiger charge is -2.36. The first kappa shape index (κ1) is 13.2. The van der Waals surface area contributed by atoms with Gasteiger partial charge in [-0.05, 0) is 37.2 Å².